The normalized spacial score (nSPS) is 14.2. The van der Waals surface area contributed by atoms with E-state index in [1.807, 2.05) is 12.1 Å². The zero-order valence-corrected chi connectivity index (χ0v) is 11.7. The Labute approximate surface area is 114 Å². The number of rotatable bonds is 7. The number of pyridine rings is 1. The molecule has 1 aromatic rings. The molecule has 1 atom stereocenters. The van der Waals surface area contributed by atoms with Gasteiger partial charge in [0.15, 0.2) is 0 Å². The molecule has 0 bridgehead atoms. The monoisotopic (exact) mass is 265 g/mol. The first-order chi connectivity index (χ1) is 8.89. The van der Waals surface area contributed by atoms with Gasteiger partial charge in [-0.1, -0.05) is 6.07 Å². The highest BCUT2D eigenvalue weighted by molar-refractivity contribution is 5.75. The predicted octanol–water partition coefficient (Wildman–Crippen LogP) is 2.05. The molecule has 1 radical (unpaired) electrons. The summed E-state index contributed by atoms with van der Waals surface area (Å²) in [7, 11) is 0. The molecule has 0 aliphatic heterocycles. The quantitative estimate of drug-likeness (QED) is 0.767. The second-order valence-electron chi connectivity index (χ2n) is 5.18. The van der Waals surface area contributed by atoms with Gasteiger partial charge in [0, 0.05) is 12.4 Å². The Bertz CT molecular complexity index is 391. The lowest BCUT2D eigenvalue weighted by Gasteiger charge is -2.20. The van der Waals surface area contributed by atoms with Crippen molar-refractivity contribution in [3.63, 3.8) is 0 Å². The molecule has 5 heteroatoms. The lowest BCUT2D eigenvalue weighted by atomic mass is 9.94. The van der Waals surface area contributed by atoms with Crippen LogP contribution in [0.1, 0.15) is 39.2 Å². The highest BCUT2D eigenvalue weighted by atomic mass is 16.7. The van der Waals surface area contributed by atoms with Crippen molar-refractivity contribution in [3.05, 3.63) is 30.1 Å². The van der Waals surface area contributed by atoms with Crippen LogP contribution in [0.2, 0.25) is 0 Å². The van der Waals surface area contributed by atoms with Gasteiger partial charge in [-0.15, -0.1) is 0 Å². The van der Waals surface area contributed by atoms with E-state index >= 15 is 0 Å². The molecule has 0 saturated carbocycles. The summed E-state index contributed by atoms with van der Waals surface area (Å²) in [5, 5.41) is 12.2. The Morgan fingerprint density at radius 3 is 2.84 bits per heavy atom. The molecule has 0 aliphatic rings. The second kappa shape index (κ2) is 7.21. The smallest absolute Gasteiger partial charge is 0.246 e. The second-order valence-corrected chi connectivity index (χ2v) is 5.18. The van der Waals surface area contributed by atoms with E-state index in [-0.39, 0.29) is 18.4 Å². The van der Waals surface area contributed by atoms with Gasteiger partial charge >= 0.3 is 0 Å². The first-order valence-electron chi connectivity index (χ1n) is 6.43. The van der Waals surface area contributed by atoms with E-state index in [1.165, 1.54) is 0 Å². The third-order valence-electron chi connectivity index (χ3n) is 2.61. The molecule has 1 amide bonds. The minimum absolute atomic E-state index is 0.0972. The molecule has 1 N–H and O–H groups in total. The van der Waals surface area contributed by atoms with Gasteiger partial charge < -0.3 is 0 Å². The summed E-state index contributed by atoms with van der Waals surface area (Å²) in [6.07, 6.45) is 4.23. The van der Waals surface area contributed by atoms with Gasteiger partial charge in [-0.25, -0.2) is 10.6 Å². The van der Waals surface area contributed by atoms with Crippen molar-refractivity contribution in [2.75, 3.05) is 0 Å². The van der Waals surface area contributed by atoms with Crippen LogP contribution in [-0.2, 0) is 21.2 Å². The van der Waals surface area contributed by atoms with Gasteiger partial charge in [-0.2, -0.15) is 0 Å². The molecule has 0 spiro atoms. The van der Waals surface area contributed by atoms with E-state index in [2.05, 4.69) is 10.5 Å². The van der Waals surface area contributed by atoms with Crippen LogP contribution in [-0.4, -0.2) is 22.6 Å². The van der Waals surface area contributed by atoms with Crippen LogP contribution >= 0.6 is 0 Å². The zero-order valence-electron chi connectivity index (χ0n) is 11.7. The molecule has 5 nitrogen and oxygen atoms in total. The van der Waals surface area contributed by atoms with Crippen molar-refractivity contribution >= 4 is 5.91 Å². The van der Waals surface area contributed by atoms with E-state index in [0.29, 0.717) is 12.8 Å². The molecular weight excluding hydrogens is 244 g/mol. The fourth-order valence-corrected chi connectivity index (χ4v) is 1.60. The Balaban J connectivity index is 2.36. The van der Waals surface area contributed by atoms with Crippen molar-refractivity contribution in [3.8, 4) is 0 Å². The van der Waals surface area contributed by atoms with Crippen LogP contribution in [0.3, 0.4) is 0 Å². The first kappa shape index (κ1) is 15.6. The standard InChI is InChI=1S/C14H21N2O3/c1-11(2)19-16-13(17)9-14(3,18)7-6-12-5-4-8-15-10-12/h4-5,8,10-11H,6-7,9H2,1-3H3,(H,16,17). The van der Waals surface area contributed by atoms with Gasteiger partial charge in [-0.05, 0) is 45.2 Å². The number of nitrogens with one attached hydrogen (secondary N) is 1. The van der Waals surface area contributed by atoms with E-state index in [0.717, 1.165) is 5.56 Å². The van der Waals surface area contributed by atoms with Gasteiger partial charge in [0.1, 0.15) is 5.60 Å². The van der Waals surface area contributed by atoms with Crippen LogP contribution in [0, 0.1) is 0 Å². The largest absolute Gasteiger partial charge is 0.273 e. The maximum absolute atomic E-state index is 12.2. The van der Waals surface area contributed by atoms with Crippen molar-refractivity contribution in [1.29, 1.82) is 0 Å². The highest BCUT2D eigenvalue weighted by Gasteiger charge is 2.26. The maximum Gasteiger partial charge on any atom is 0.246 e. The molecule has 1 rings (SSSR count). The summed E-state index contributed by atoms with van der Waals surface area (Å²) >= 11 is 0. The van der Waals surface area contributed by atoms with Crippen LogP contribution in [0.4, 0.5) is 0 Å². The zero-order chi connectivity index (χ0) is 14.3. The van der Waals surface area contributed by atoms with Crippen molar-refractivity contribution in [2.24, 2.45) is 0 Å². The Morgan fingerprint density at radius 1 is 1.53 bits per heavy atom. The van der Waals surface area contributed by atoms with Gasteiger partial charge in [0.05, 0.1) is 12.5 Å². The Morgan fingerprint density at radius 2 is 2.26 bits per heavy atom. The molecule has 105 valence electrons. The number of aryl methyl sites for hydroxylation is 1. The minimum Gasteiger partial charge on any atom is -0.273 e. The number of carbonyl (C=O) groups is 1. The van der Waals surface area contributed by atoms with E-state index in [4.69, 9.17) is 4.84 Å². The molecule has 1 unspecified atom stereocenters. The SMILES string of the molecule is CC(C)ONC(=O)CC(C)([O])CCc1cccnc1. The van der Waals surface area contributed by atoms with Crippen LogP contribution in [0.25, 0.3) is 0 Å². The number of amides is 1. The molecule has 1 aromatic heterocycles. The van der Waals surface area contributed by atoms with Crippen molar-refractivity contribution < 1.29 is 14.7 Å². The predicted molar refractivity (Wildman–Crippen MR) is 70.6 cm³/mol. The molecule has 0 fully saturated rings. The van der Waals surface area contributed by atoms with Gasteiger partial charge in [0.2, 0.25) is 5.91 Å². The molecule has 1 heterocycles. The number of hydrogen-bond donors (Lipinski definition) is 1. The molecule has 0 aliphatic carbocycles. The number of aromatic nitrogens is 1. The number of hydroxylamine groups is 1. The summed E-state index contributed by atoms with van der Waals surface area (Å²) < 4.78 is 0. The lowest BCUT2D eigenvalue weighted by Crippen LogP contribution is -2.35. The summed E-state index contributed by atoms with van der Waals surface area (Å²) in [5.74, 6) is -0.377. The number of nitrogens with zero attached hydrogens (tertiary/aromatic N) is 1. The molecule has 0 aromatic carbocycles. The van der Waals surface area contributed by atoms with E-state index in [1.54, 1.807) is 33.2 Å². The lowest BCUT2D eigenvalue weighted by molar-refractivity contribution is -0.144. The van der Waals surface area contributed by atoms with Crippen molar-refractivity contribution in [1.82, 2.24) is 10.5 Å². The average molecular weight is 265 g/mol. The Hall–Kier alpha value is -1.46. The fraction of sp³-hybridized carbons (Fsp3) is 0.571. The minimum atomic E-state index is -1.31. The number of hydrogen-bond acceptors (Lipinski definition) is 3. The summed E-state index contributed by atoms with van der Waals surface area (Å²) in [4.78, 5) is 20.5. The van der Waals surface area contributed by atoms with Crippen LogP contribution < -0.4 is 5.48 Å². The topological polar surface area (TPSA) is 71.1 Å². The summed E-state index contributed by atoms with van der Waals surface area (Å²) in [6.45, 7) is 5.15. The fourth-order valence-electron chi connectivity index (χ4n) is 1.60. The number of carbonyl (C=O) groups excluding carboxylic acids is 1. The molecular formula is C14H21N2O3. The maximum atomic E-state index is 12.2. The van der Waals surface area contributed by atoms with Crippen LogP contribution in [0.5, 0.6) is 0 Å². The average Bonchev–Trinajstić information content (AvgIpc) is 2.35. The Kier molecular flexibility index (Phi) is 5.92. The highest BCUT2D eigenvalue weighted by Crippen LogP contribution is 2.18. The molecule has 19 heavy (non-hydrogen) atoms. The summed E-state index contributed by atoms with van der Waals surface area (Å²) in [5.41, 5.74) is 1.98. The first-order valence-corrected chi connectivity index (χ1v) is 6.43. The third kappa shape index (κ3) is 6.88. The van der Waals surface area contributed by atoms with Gasteiger partial charge in [-0.3, -0.25) is 14.6 Å². The summed E-state index contributed by atoms with van der Waals surface area (Å²) in [6, 6.07) is 3.76. The van der Waals surface area contributed by atoms with Gasteiger partial charge in [0.25, 0.3) is 0 Å². The van der Waals surface area contributed by atoms with Crippen LogP contribution in [0.15, 0.2) is 24.5 Å². The van der Waals surface area contributed by atoms with E-state index < -0.39 is 5.60 Å². The third-order valence-corrected chi connectivity index (χ3v) is 2.61. The van der Waals surface area contributed by atoms with E-state index in [9.17, 15) is 9.90 Å². The molecule has 0 saturated heterocycles. The van der Waals surface area contributed by atoms with Crippen molar-refractivity contribution in [2.45, 2.75) is 51.7 Å².